The second kappa shape index (κ2) is 14.8. The molecule has 1 heterocycles. The van der Waals surface area contributed by atoms with E-state index < -0.39 is 60.4 Å². The summed E-state index contributed by atoms with van der Waals surface area (Å²) in [6, 6.07) is 1.22. The predicted molar refractivity (Wildman–Crippen MR) is 153 cm³/mol. The minimum atomic E-state index is -1.33. The van der Waals surface area contributed by atoms with Gasteiger partial charge in [0, 0.05) is 17.5 Å². The molecule has 15 nitrogen and oxygen atoms in total. The third-order valence-electron chi connectivity index (χ3n) is 6.35. The zero-order chi connectivity index (χ0) is 30.9. The monoisotopic (exact) mass is 574 g/mol. The number of carbonyl (C=O) groups excluding carboxylic acids is 4. The van der Waals surface area contributed by atoms with Crippen molar-refractivity contribution in [2.45, 2.75) is 51.7 Å². The van der Waals surface area contributed by atoms with Crippen LogP contribution in [0.5, 0.6) is 0 Å². The molecule has 2 aromatic rings. The number of carbonyl (C=O) groups is 4. The van der Waals surface area contributed by atoms with Crippen LogP contribution in [0.15, 0.2) is 32.4 Å². The van der Waals surface area contributed by atoms with Gasteiger partial charge in [0.2, 0.25) is 17.7 Å². The molecule has 0 aliphatic carbocycles. The van der Waals surface area contributed by atoms with Crippen molar-refractivity contribution in [3.8, 4) is 0 Å². The second-order valence-electron chi connectivity index (χ2n) is 9.80. The number of aliphatic hydroxyl groups is 1. The number of nitrogen functional groups attached to an aromatic ring is 1. The van der Waals surface area contributed by atoms with Crippen LogP contribution in [0.4, 0.5) is 5.69 Å². The van der Waals surface area contributed by atoms with Crippen molar-refractivity contribution in [2.24, 2.45) is 28.1 Å². The number of nitrogens with zero attached hydrogens (tertiary/aromatic N) is 1. The summed E-state index contributed by atoms with van der Waals surface area (Å²) in [4.78, 5) is 66.6. The van der Waals surface area contributed by atoms with Crippen LogP contribution >= 0.6 is 0 Å². The van der Waals surface area contributed by atoms with Crippen LogP contribution in [-0.2, 0) is 14.4 Å². The van der Waals surface area contributed by atoms with Crippen LogP contribution in [0.25, 0.3) is 11.0 Å². The number of nitrogens with two attached hydrogens (primary N) is 4. The molecule has 2 rings (SSSR count). The summed E-state index contributed by atoms with van der Waals surface area (Å²) in [6.07, 6.45) is 0.467. The Hall–Kier alpha value is -4.50. The number of hydrogen-bond acceptors (Lipinski definition) is 10. The van der Waals surface area contributed by atoms with Crippen LogP contribution < -0.4 is 44.5 Å². The van der Waals surface area contributed by atoms with Gasteiger partial charge in [-0.15, -0.1) is 0 Å². The van der Waals surface area contributed by atoms with E-state index in [2.05, 4.69) is 20.9 Å². The van der Waals surface area contributed by atoms with Crippen molar-refractivity contribution in [1.82, 2.24) is 16.0 Å². The number of hydrogen-bond donors (Lipinski definition) is 8. The number of aliphatic hydroxyl groups excluding tert-OH is 1. The largest absolute Gasteiger partial charge is 0.421 e. The highest BCUT2D eigenvalue weighted by atomic mass is 16.4. The van der Waals surface area contributed by atoms with E-state index in [-0.39, 0.29) is 41.7 Å². The number of anilines is 1. The number of Topliss-reactive ketones (excluding diaryl/α,β-unsaturated/α-hetero) is 1. The van der Waals surface area contributed by atoms with E-state index in [1.54, 1.807) is 26.8 Å². The maximum atomic E-state index is 13.4. The molecule has 12 N–H and O–H groups in total. The molecule has 0 bridgehead atoms. The second-order valence-corrected chi connectivity index (χ2v) is 9.80. The molecule has 0 saturated heterocycles. The fourth-order valence-corrected chi connectivity index (χ4v) is 3.80. The average molecular weight is 575 g/mol. The summed E-state index contributed by atoms with van der Waals surface area (Å²) >= 11 is 0. The van der Waals surface area contributed by atoms with Gasteiger partial charge >= 0.3 is 5.63 Å². The maximum absolute atomic E-state index is 13.4. The van der Waals surface area contributed by atoms with Crippen LogP contribution in [0.2, 0.25) is 0 Å². The number of ketones is 1. The molecule has 224 valence electrons. The third-order valence-corrected chi connectivity index (χ3v) is 6.35. The predicted octanol–water partition coefficient (Wildman–Crippen LogP) is -2.02. The maximum Gasteiger partial charge on any atom is 0.359 e. The molecule has 3 atom stereocenters. The minimum Gasteiger partial charge on any atom is -0.421 e. The number of nitrogens with one attached hydrogen (secondary N) is 3. The zero-order valence-electron chi connectivity index (χ0n) is 23.2. The average Bonchev–Trinajstić information content (AvgIpc) is 2.93. The molecule has 0 spiro atoms. The molecular formula is C26H38N8O7. The molecule has 41 heavy (non-hydrogen) atoms. The van der Waals surface area contributed by atoms with Crippen LogP contribution in [-0.4, -0.2) is 72.4 Å². The quantitative estimate of drug-likeness (QED) is 0.0401. The van der Waals surface area contributed by atoms with Crippen LogP contribution in [0.1, 0.15) is 42.6 Å². The van der Waals surface area contributed by atoms with Gasteiger partial charge in [-0.05, 0) is 37.3 Å². The molecule has 1 aromatic heterocycles. The van der Waals surface area contributed by atoms with Gasteiger partial charge in [-0.1, -0.05) is 26.0 Å². The van der Waals surface area contributed by atoms with Gasteiger partial charge in [0.25, 0.3) is 0 Å². The minimum absolute atomic E-state index is 0.0331. The summed E-state index contributed by atoms with van der Waals surface area (Å²) in [5.74, 6) is -2.98. The van der Waals surface area contributed by atoms with Gasteiger partial charge in [-0.3, -0.25) is 24.2 Å². The lowest BCUT2D eigenvalue weighted by atomic mass is 9.98. The lowest BCUT2D eigenvalue weighted by Gasteiger charge is -2.21. The molecule has 0 saturated carbocycles. The lowest BCUT2D eigenvalue weighted by molar-refractivity contribution is -0.132. The number of amides is 3. The van der Waals surface area contributed by atoms with E-state index in [4.69, 9.17) is 27.4 Å². The standard InChI is InChI=1S/C26H38N8O7/c1-12(2)20(27)24(39)34-17(11-35)23(38)32-10-19(36)33-16(5-4-8-31-26(29)30)22(37)14-6-7-15-13(3)21(28)25(40)41-18(15)9-14/h6-7,9,12,16-17,20,35H,4-5,8,10-11,27-28H2,1-3H3,(H,32,38)(H,33,36)(H,34,39)(H4,29,30,31)/t16-,17-,20-/m0/s1. The molecule has 15 heteroatoms. The first kappa shape index (κ1) is 32.7. The van der Waals surface area contributed by atoms with E-state index in [0.717, 1.165) is 0 Å². The van der Waals surface area contributed by atoms with Crippen molar-refractivity contribution < 1.29 is 28.7 Å². The third kappa shape index (κ3) is 9.01. The van der Waals surface area contributed by atoms with E-state index in [1.165, 1.54) is 12.1 Å². The number of fused-ring (bicyclic) bond motifs is 1. The Kier molecular flexibility index (Phi) is 11.8. The molecule has 0 radical (unpaired) electrons. The Morgan fingerprint density at radius 3 is 2.37 bits per heavy atom. The fraction of sp³-hybridized carbons (Fsp3) is 0.462. The number of rotatable bonds is 14. The van der Waals surface area contributed by atoms with Crippen molar-refractivity contribution in [1.29, 1.82) is 0 Å². The molecule has 0 unspecified atom stereocenters. The fourth-order valence-electron chi connectivity index (χ4n) is 3.80. The SMILES string of the molecule is Cc1c(N)c(=O)oc2cc(C(=O)[C@H](CCCN=C(N)N)NC(=O)CNC(=O)[C@H](CO)NC(=O)[C@@H](N)C(C)C)ccc12. The van der Waals surface area contributed by atoms with Crippen molar-refractivity contribution in [2.75, 3.05) is 25.4 Å². The highest BCUT2D eigenvalue weighted by Crippen LogP contribution is 2.22. The van der Waals surface area contributed by atoms with Crippen molar-refractivity contribution in [3.63, 3.8) is 0 Å². The van der Waals surface area contributed by atoms with Gasteiger partial charge in [0.05, 0.1) is 25.2 Å². The van der Waals surface area contributed by atoms with E-state index in [1.807, 2.05) is 0 Å². The Bertz CT molecular complexity index is 1370. The Morgan fingerprint density at radius 1 is 1.07 bits per heavy atom. The number of benzene rings is 1. The molecule has 0 aliphatic heterocycles. The lowest BCUT2D eigenvalue weighted by Crippen LogP contribution is -2.55. The van der Waals surface area contributed by atoms with Crippen LogP contribution in [0, 0.1) is 12.8 Å². The highest BCUT2D eigenvalue weighted by molar-refractivity contribution is 6.04. The summed E-state index contributed by atoms with van der Waals surface area (Å²) in [5, 5.41) is 17.3. The number of aryl methyl sites for hydroxylation is 1. The van der Waals surface area contributed by atoms with E-state index >= 15 is 0 Å². The normalized spacial score (nSPS) is 13.2. The van der Waals surface area contributed by atoms with Crippen molar-refractivity contribution >= 4 is 46.1 Å². The van der Waals surface area contributed by atoms with Gasteiger partial charge in [0.1, 0.15) is 17.3 Å². The Labute approximate surface area is 236 Å². The zero-order valence-corrected chi connectivity index (χ0v) is 23.2. The summed E-state index contributed by atoms with van der Waals surface area (Å²) in [5.41, 5.74) is 22.3. The first-order valence-electron chi connectivity index (χ1n) is 12.9. The Morgan fingerprint density at radius 2 is 1.76 bits per heavy atom. The molecule has 0 aliphatic rings. The topological polar surface area (TPSA) is 271 Å². The first-order valence-corrected chi connectivity index (χ1v) is 12.9. The van der Waals surface area contributed by atoms with Crippen molar-refractivity contribution in [3.05, 3.63) is 39.7 Å². The molecule has 1 aromatic carbocycles. The van der Waals surface area contributed by atoms with Gasteiger partial charge in [-0.2, -0.15) is 0 Å². The highest BCUT2D eigenvalue weighted by Gasteiger charge is 2.26. The Balaban J connectivity index is 2.16. The van der Waals surface area contributed by atoms with E-state index in [0.29, 0.717) is 17.4 Å². The summed E-state index contributed by atoms with van der Waals surface area (Å²) in [6.45, 7) is 4.02. The molecule has 3 amide bonds. The van der Waals surface area contributed by atoms with Gasteiger partial charge < -0.3 is 48.4 Å². The van der Waals surface area contributed by atoms with Gasteiger partial charge in [0.15, 0.2) is 11.7 Å². The molecular weight excluding hydrogens is 536 g/mol. The first-order chi connectivity index (χ1) is 19.3. The number of aliphatic imine (C=N–C) groups is 1. The summed E-state index contributed by atoms with van der Waals surface area (Å²) < 4.78 is 5.23. The molecule has 0 fully saturated rings. The van der Waals surface area contributed by atoms with Gasteiger partial charge in [-0.25, -0.2) is 4.79 Å². The summed E-state index contributed by atoms with van der Waals surface area (Å²) in [7, 11) is 0. The van der Waals surface area contributed by atoms with E-state index in [9.17, 15) is 29.1 Å². The number of guanidine groups is 1. The van der Waals surface area contributed by atoms with Crippen LogP contribution in [0.3, 0.4) is 0 Å². The smallest absolute Gasteiger partial charge is 0.359 e.